The van der Waals surface area contributed by atoms with Crippen molar-refractivity contribution in [3.05, 3.63) is 35.4 Å². The maximum atomic E-state index is 13.4. The first-order chi connectivity index (χ1) is 14.2. The van der Waals surface area contributed by atoms with E-state index in [0.717, 1.165) is 11.1 Å². The molecule has 3 rings (SSSR count). The molecule has 0 radical (unpaired) electrons. The minimum absolute atomic E-state index is 0.00658. The molecule has 2 aliphatic heterocycles. The van der Waals surface area contributed by atoms with Gasteiger partial charge in [-0.05, 0) is 35.8 Å². The van der Waals surface area contributed by atoms with Crippen LogP contribution in [0.3, 0.4) is 0 Å². The molecule has 8 heteroatoms. The van der Waals surface area contributed by atoms with Crippen LogP contribution in [0.4, 0.5) is 4.79 Å². The lowest BCUT2D eigenvalue weighted by atomic mass is 9.84. The minimum Gasteiger partial charge on any atom is -0.319 e. The molecule has 0 spiro atoms. The molecule has 1 N–H and O–H groups in total. The molecule has 1 aromatic rings. The number of sulfone groups is 1. The molecular weight excluding hydrogens is 414 g/mol. The van der Waals surface area contributed by atoms with Crippen LogP contribution in [0.5, 0.6) is 0 Å². The number of amides is 3. The summed E-state index contributed by atoms with van der Waals surface area (Å²) in [6, 6.07) is 7.18. The predicted octanol–water partition coefficient (Wildman–Crippen LogP) is 2.85. The zero-order valence-electron chi connectivity index (χ0n) is 19.4. The Balaban J connectivity index is 1.82. The fourth-order valence-corrected chi connectivity index (χ4v) is 6.12. The zero-order chi connectivity index (χ0) is 23.2. The average molecular weight is 450 g/mol. The van der Waals surface area contributed by atoms with Crippen molar-refractivity contribution in [2.75, 3.05) is 24.7 Å². The van der Waals surface area contributed by atoms with E-state index in [9.17, 15) is 18.0 Å². The molecular formula is C23H35N3O4S. The van der Waals surface area contributed by atoms with Crippen molar-refractivity contribution in [3.63, 3.8) is 0 Å². The highest BCUT2D eigenvalue weighted by Gasteiger charge is 2.50. The number of hydrogen-bond donors (Lipinski definition) is 1. The van der Waals surface area contributed by atoms with Crippen molar-refractivity contribution < 1.29 is 18.0 Å². The van der Waals surface area contributed by atoms with Crippen LogP contribution in [0.2, 0.25) is 0 Å². The van der Waals surface area contributed by atoms with E-state index in [-0.39, 0.29) is 41.5 Å². The normalized spacial score (nSPS) is 26.2. The highest BCUT2D eigenvalue weighted by molar-refractivity contribution is 7.91. The Bertz CT molecular complexity index is 950. The van der Waals surface area contributed by atoms with E-state index in [4.69, 9.17) is 0 Å². The molecule has 3 amide bonds. The van der Waals surface area contributed by atoms with Crippen LogP contribution in [0, 0.1) is 5.92 Å². The molecule has 2 aliphatic rings. The van der Waals surface area contributed by atoms with Gasteiger partial charge in [0.2, 0.25) is 0 Å². The number of carbonyl (C=O) groups is 2. The molecule has 0 aromatic heterocycles. The van der Waals surface area contributed by atoms with Crippen LogP contribution in [-0.4, -0.2) is 60.9 Å². The van der Waals surface area contributed by atoms with E-state index in [1.165, 1.54) is 4.90 Å². The number of nitrogens with one attached hydrogen (secondary N) is 1. The summed E-state index contributed by atoms with van der Waals surface area (Å²) < 4.78 is 24.0. The van der Waals surface area contributed by atoms with E-state index in [0.29, 0.717) is 13.0 Å². The van der Waals surface area contributed by atoms with E-state index in [1.807, 2.05) is 43.0 Å². The minimum atomic E-state index is -3.06. The van der Waals surface area contributed by atoms with Gasteiger partial charge in [-0.2, -0.15) is 0 Å². The third-order valence-corrected chi connectivity index (χ3v) is 8.00. The van der Waals surface area contributed by atoms with Crippen LogP contribution in [0.25, 0.3) is 0 Å². The van der Waals surface area contributed by atoms with Gasteiger partial charge in [0.15, 0.2) is 9.84 Å². The summed E-state index contributed by atoms with van der Waals surface area (Å²) in [7, 11) is -3.06. The third kappa shape index (κ3) is 4.95. The highest BCUT2D eigenvalue weighted by Crippen LogP contribution is 2.32. The molecule has 0 bridgehead atoms. The Hall–Kier alpha value is -1.93. The number of imide groups is 1. The van der Waals surface area contributed by atoms with Gasteiger partial charge in [0.25, 0.3) is 5.91 Å². The first kappa shape index (κ1) is 23.7. The second-order valence-electron chi connectivity index (χ2n) is 10.5. The van der Waals surface area contributed by atoms with Crippen molar-refractivity contribution in [2.45, 2.75) is 65.0 Å². The predicted molar refractivity (Wildman–Crippen MR) is 121 cm³/mol. The largest absolute Gasteiger partial charge is 0.326 e. The van der Waals surface area contributed by atoms with Crippen LogP contribution in [0.15, 0.2) is 24.3 Å². The lowest BCUT2D eigenvalue weighted by molar-refractivity contribution is -0.132. The Kier molecular flexibility index (Phi) is 6.28. The summed E-state index contributed by atoms with van der Waals surface area (Å²) in [5.74, 6) is 0.204. The Morgan fingerprint density at radius 2 is 1.81 bits per heavy atom. The summed E-state index contributed by atoms with van der Waals surface area (Å²) in [6.45, 7) is 12.9. The van der Waals surface area contributed by atoms with E-state index >= 15 is 0 Å². The lowest BCUT2D eigenvalue weighted by Gasteiger charge is -2.32. The quantitative estimate of drug-likeness (QED) is 0.675. The summed E-state index contributed by atoms with van der Waals surface area (Å²) in [5, 5.41) is 2.86. The first-order valence-corrected chi connectivity index (χ1v) is 12.7. The molecule has 0 saturated carbocycles. The number of urea groups is 1. The summed E-state index contributed by atoms with van der Waals surface area (Å²) in [4.78, 5) is 29.4. The molecule has 1 aromatic carbocycles. The van der Waals surface area contributed by atoms with Crippen LogP contribution >= 0.6 is 0 Å². The SMILES string of the molecule is CC(C)CN(CN1C(=O)NC(C)(c2ccc(C(C)(C)C)cc2)C1=O)C1CCS(=O)(=O)C1. The molecule has 2 unspecified atom stereocenters. The Morgan fingerprint density at radius 3 is 2.29 bits per heavy atom. The standard InChI is InChI=1S/C23H35N3O4S/c1-16(2)13-25(19-11-12-31(29,30)14-19)15-26-20(27)23(6,24-21(26)28)18-9-7-17(8-10-18)22(3,4)5/h7-10,16,19H,11-15H2,1-6H3,(H,24,28). The molecule has 31 heavy (non-hydrogen) atoms. The number of nitrogens with zero attached hydrogens (tertiary/aromatic N) is 2. The first-order valence-electron chi connectivity index (χ1n) is 10.9. The fourth-order valence-electron chi connectivity index (χ4n) is 4.36. The van der Waals surface area contributed by atoms with Crippen molar-refractivity contribution in [1.29, 1.82) is 0 Å². The second-order valence-corrected chi connectivity index (χ2v) is 12.7. The molecule has 2 saturated heterocycles. The van der Waals surface area contributed by atoms with Gasteiger partial charge in [-0.1, -0.05) is 58.9 Å². The topological polar surface area (TPSA) is 86.8 Å². The molecule has 2 fully saturated rings. The van der Waals surface area contributed by atoms with Crippen LogP contribution < -0.4 is 5.32 Å². The van der Waals surface area contributed by atoms with Crippen molar-refractivity contribution in [1.82, 2.24) is 15.1 Å². The van der Waals surface area contributed by atoms with Gasteiger partial charge in [-0.15, -0.1) is 0 Å². The maximum absolute atomic E-state index is 13.4. The number of benzene rings is 1. The molecule has 7 nitrogen and oxygen atoms in total. The molecule has 172 valence electrons. The van der Waals surface area contributed by atoms with Crippen molar-refractivity contribution in [2.24, 2.45) is 5.92 Å². The third-order valence-electron chi connectivity index (χ3n) is 6.25. The Labute approximate surface area is 186 Å². The smallest absolute Gasteiger partial charge is 0.319 e. The van der Waals surface area contributed by atoms with E-state index in [1.54, 1.807) is 6.92 Å². The van der Waals surface area contributed by atoms with E-state index in [2.05, 4.69) is 26.1 Å². The highest BCUT2D eigenvalue weighted by atomic mass is 32.2. The number of carbonyl (C=O) groups excluding carboxylic acids is 2. The summed E-state index contributed by atoms with van der Waals surface area (Å²) in [6.07, 6.45) is 0.532. The molecule has 2 atom stereocenters. The van der Waals surface area contributed by atoms with Crippen LogP contribution in [-0.2, 0) is 25.6 Å². The fraction of sp³-hybridized carbons (Fsp3) is 0.652. The van der Waals surface area contributed by atoms with Gasteiger partial charge in [0.05, 0.1) is 18.2 Å². The molecule has 0 aliphatic carbocycles. The lowest BCUT2D eigenvalue weighted by Crippen LogP contribution is -2.48. The van der Waals surface area contributed by atoms with Crippen molar-refractivity contribution >= 4 is 21.8 Å². The average Bonchev–Trinajstić information content (AvgIpc) is 3.12. The van der Waals surface area contributed by atoms with Gasteiger partial charge in [0, 0.05) is 12.6 Å². The number of hydrogen-bond acceptors (Lipinski definition) is 5. The summed E-state index contributed by atoms with van der Waals surface area (Å²) >= 11 is 0. The van der Waals surface area contributed by atoms with Gasteiger partial charge in [-0.25, -0.2) is 18.1 Å². The van der Waals surface area contributed by atoms with Gasteiger partial charge < -0.3 is 5.32 Å². The second kappa shape index (κ2) is 8.20. The van der Waals surface area contributed by atoms with E-state index < -0.39 is 21.4 Å². The summed E-state index contributed by atoms with van der Waals surface area (Å²) in [5.41, 5.74) is 0.741. The number of rotatable bonds is 6. The zero-order valence-corrected chi connectivity index (χ0v) is 20.3. The molecule has 2 heterocycles. The van der Waals surface area contributed by atoms with Gasteiger partial charge in [0.1, 0.15) is 5.54 Å². The monoisotopic (exact) mass is 449 g/mol. The van der Waals surface area contributed by atoms with Gasteiger partial charge >= 0.3 is 6.03 Å². The van der Waals surface area contributed by atoms with Gasteiger partial charge in [-0.3, -0.25) is 9.69 Å². The maximum Gasteiger partial charge on any atom is 0.326 e. The Morgan fingerprint density at radius 1 is 1.19 bits per heavy atom. The van der Waals surface area contributed by atoms with Crippen molar-refractivity contribution in [3.8, 4) is 0 Å². The van der Waals surface area contributed by atoms with Crippen LogP contribution in [0.1, 0.15) is 59.1 Å².